The highest BCUT2D eigenvalue weighted by Crippen LogP contribution is 2.31. The summed E-state index contributed by atoms with van der Waals surface area (Å²) in [6, 6.07) is 3.53. The lowest BCUT2D eigenvalue weighted by Gasteiger charge is -2.38. The van der Waals surface area contributed by atoms with E-state index in [4.69, 9.17) is 0 Å². The van der Waals surface area contributed by atoms with Crippen LogP contribution in [0.4, 0.5) is 0 Å². The molecule has 0 radical (unpaired) electrons. The molecule has 2 nitrogen and oxygen atoms in total. The third kappa shape index (κ3) is 3.14. The second-order valence-electron chi connectivity index (χ2n) is 5.38. The molecule has 0 aromatic carbocycles. The van der Waals surface area contributed by atoms with Gasteiger partial charge in [0.15, 0.2) is 0 Å². The molecule has 18 heavy (non-hydrogen) atoms. The van der Waals surface area contributed by atoms with E-state index in [9.17, 15) is 0 Å². The molecule has 1 aromatic heterocycles. The van der Waals surface area contributed by atoms with E-state index in [1.165, 1.54) is 37.9 Å². The molecule has 2 unspecified atom stereocenters. The van der Waals surface area contributed by atoms with Crippen molar-refractivity contribution in [2.45, 2.75) is 52.1 Å². The maximum atomic E-state index is 3.55. The zero-order chi connectivity index (χ0) is 13.0. The van der Waals surface area contributed by atoms with Gasteiger partial charge in [0.25, 0.3) is 0 Å². The molecule has 1 aliphatic rings. The molecule has 0 aliphatic carbocycles. The summed E-state index contributed by atoms with van der Waals surface area (Å²) in [7, 11) is 0. The van der Waals surface area contributed by atoms with Crippen molar-refractivity contribution in [1.82, 2.24) is 10.2 Å². The van der Waals surface area contributed by atoms with Gasteiger partial charge in [-0.15, -0.1) is 11.3 Å². The molecule has 2 atom stereocenters. The first-order chi connectivity index (χ1) is 8.74. The number of hydrogen-bond acceptors (Lipinski definition) is 3. The number of rotatable bonds is 5. The van der Waals surface area contributed by atoms with Crippen LogP contribution in [0.15, 0.2) is 11.4 Å². The van der Waals surface area contributed by atoms with E-state index in [0.29, 0.717) is 6.04 Å². The second-order valence-corrected chi connectivity index (χ2v) is 6.33. The molecule has 1 N–H and O–H groups in total. The Morgan fingerprint density at radius 3 is 2.94 bits per heavy atom. The Bertz CT molecular complexity index is 355. The fraction of sp³-hybridized carbons (Fsp3) is 0.733. The van der Waals surface area contributed by atoms with Gasteiger partial charge >= 0.3 is 0 Å². The highest BCUT2D eigenvalue weighted by atomic mass is 32.1. The minimum Gasteiger partial charge on any atom is -0.315 e. The Morgan fingerprint density at radius 1 is 1.56 bits per heavy atom. The summed E-state index contributed by atoms with van der Waals surface area (Å²) in [6.07, 6.45) is 3.91. The number of aryl methyl sites for hydroxylation is 1. The van der Waals surface area contributed by atoms with E-state index in [0.717, 1.165) is 12.6 Å². The molecule has 1 aliphatic heterocycles. The van der Waals surface area contributed by atoms with Gasteiger partial charge in [-0.1, -0.05) is 6.92 Å². The number of hydrogen-bond donors (Lipinski definition) is 1. The van der Waals surface area contributed by atoms with Gasteiger partial charge in [0.05, 0.1) is 0 Å². The van der Waals surface area contributed by atoms with Gasteiger partial charge in [0.2, 0.25) is 0 Å². The molecule has 3 heteroatoms. The third-order valence-electron chi connectivity index (χ3n) is 4.00. The summed E-state index contributed by atoms with van der Waals surface area (Å²) in [4.78, 5) is 4.26. The monoisotopic (exact) mass is 266 g/mol. The van der Waals surface area contributed by atoms with E-state index in [-0.39, 0.29) is 0 Å². The van der Waals surface area contributed by atoms with Crippen molar-refractivity contribution in [3.8, 4) is 0 Å². The topological polar surface area (TPSA) is 15.3 Å². The molecule has 2 rings (SSSR count). The molecular weight excluding hydrogens is 240 g/mol. The fourth-order valence-corrected chi connectivity index (χ4v) is 4.04. The molecule has 0 saturated carbocycles. The maximum absolute atomic E-state index is 3.55. The summed E-state index contributed by atoms with van der Waals surface area (Å²) in [6.45, 7) is 10.5. The lowest BCUT2D eigenvalue weighted by molar-refractivity contribution is 0.122. The zero-order valence-corrected chi connectivity index (χ0v) is 12.7. The predicted octanol–water partition coefficient (Wildman–Crippen LogP) is 3.58. The van der Waals surface area contributed by atoms with Crippen molar-refractivity contribution >= 4 is 11.3 Å². The van der Waals surface area contributed by atoms with E-state index in [1.54, 1.807) is 4.88 Å². The lowest BCUT2D eigenvalue weighted by atomic mass is 10.0. The minimum absolute atomic E-state index is 0.565. The van der Waals surface area contributed by atoms with Crippen LogP contribution in [0.25, 0.3) is 0 Å². The SMILES string of the molecule is CCCN(C1CCCNC1)C(C)c1sccc1C. The quantitative estimate of drug-likeness (QED) is 0.876. The molecule has 0 amide bonds. The van der Waals surface area contributed by atoms with Crippen LogP contribution in [0, 0.1) is 6.92 Å². The van der Waals surface area contributed by atoms with E-state index in [1.807, 2.05) is 11.3 Å². The van der Waals surface area contributed by atoms with Gasteiger partial charge in [0, 0.05) is 23.5 Å². The molecule has 1 fully saturated rings. The minimum atomic E-state index is 0.565. The molecule has 1 saturated heterocycles. The molecular formula is C15H26N2S. The van der Waals surface area contributed by atoms with Crippen LogP contribution < -0.4 is 5.32 Å². The standard InChI is InChI=1S/C15H26N2S/c1-4-9-17(14-6-5-8-16-11-14)13(3)15-12(2)7-10-18-15/h7,10,13-14,16H,4-6,8-9,11H2,1-3H3. The van der Waals surface area contributed by atoms with Crippen LogP contribution in [0.1, 0.15) is 49.6 Å². The van der Waals surface area contributed by atoms with Gasteiger partial charge in [-0.2, -0.15) is 0 Å². The summed E-state index contributed by atoms with van der Waals surface area (Å²) < 4.78 is 0. The van der Waals surface area contributed by atoms with Crippen molar-refractivity contribution in [3.05, 3.63) is 21.9 Å². The van der Waals surface area contributed by atoms with Crippen molar-refractivity contribution in [2.24, 2.45) is 0 Å². The van der Waals surface area contributed by atoms with Crippen LogP contribution in [0.3, 0.4) is 0 Å². The fourth-order valence-electron chi connectivity index (χ4n) is 3.03. The molecule has 102 valence electrons. The van der Waals surface area contributed by atoms with Crippen LogP contribution in [0.5, 0.6) is 0 Å². The van der Waals surface area contributed by atoms with E-state index < -0.39 is 0 Å². The smallest absolute Gasteiger partial charge is 0.0419 e. The molecule has 0 spiro atoms. The summed E-state index contributed by atoms with van der Waals surface area (Å²) in [5.74, 6) is 0. The highest BCUT2D eigenvalue weighted by molar-refractivity contribution is 7.10. The number of nitrogens with zero attached hydrogens (tertiary/aromatic N) is 1. The van der Waals surface area contributed by atoms with Crippen molar-refractivity contribution in [3.63, 3.8) is 0 Å². The Labute approximate surface area is 115 Å². The van der Waals surface area contributed by atoms with Crippen LogP contribution in [-0.4, -0.2) is 30.6 Å². The molecule has 1 aromatic rings. The van der Waals surface area contributed by atoms with Crippen LogP contribution in [0.2, 0.25) is 0 Å². The van der Waals surface area contributed by atoms with Gasteiger partial charge in [-0.3, -0.25) is 4.90 Å². The first-order valence-electron chi connectivity index (χ1n) is 7.24. The maximum Gasteiger partial charge on any atom is 0.0419 e. The molecule has 0 bridgehead atoms. The van der Waals surface area contributed by atoms with E-state index >= 15 is 0 Å². The summed E-state index contributed by atoms with van der Waals surface area (Å²) in [5.41, 5.74) is 1.46. The largest absolute Gasteiger partial charge is 0.315 e. The Morgan fingerprint density at radius 2 is 2.39 bits per heavy atom. The van der Waals surface area contributed by atoms with Gasteiger partial charge in [-0.05, 0) is 63.2 Å². The third-order valence-corrected chi connectivity index (χ3v) is 5.19. The van der Waals surface area contributed by atoms with Gasteiger partial charge in [-0.25, -0.2) is 0 Å². The first-order valence-corrected chi connectivity index (χ1v) is 8.12. The normalized spacial score (nSPS) is 22.3. The van der Waals surface area contributed by atoms with Crippen molar-refractivity contribution in [2.75, 3.05) is 19.6 Å². The highest BCUT2D eigenvalue weighted by Gasteiger charge is 2.26. The summed E-state index contributed by atoms with van der Waals surface area (Å²) >= 11 is 1.91. The average molecular weight is 266 g/mol. The predicted molar refractivity (Wildman–Crippen MR) is 80.4 cm³/mol. The number of piperidine rings is 1. The van der Waals surface area contributed by atoms with Crippen molar-refractivity contribution in [1.29, 1.82) is 0 Å². The van der Waals surface area contributed by atoms with Gasteiger partial charge < -0.3 is 5.32 Å². The Balaban J connectivity index is 2.10. The lowest BCUT2D eigenvalue weighted by Crippen LogP contribution is -2.47. The number of nitrogens with one attached hydrogen (secondary N) is 1. The summed E-state index contributed by atoms with van der Waals surface area (Å²) in [5, 5.41) is 5.78. The van der Waals surface area contributed by atoms with Crippen molar-refractivity contribution < 1.29 is 0 Å². The first kappa shape index (κ1) is 14.0. The molecule has 2 heterocycles. The van der Waals surface area contributed by atoms with E-state index in [2.05, 4.69) is 42.4 Å². The zero-order valence-electron chi connectivity index (χ0n) is 11.9. The van der Waals surface area contributed by atoms with Crippen LogP contribution >= 0.6 is 11.3 Å². The second kappa shape index (κ2) is 6.69. The van der Waals surface area contributed by atoms with Crippen LogP contribution in [-0.2, 0) is 0 Å². The number of thiophene rings is 1. The van der Waals surface area contributed by atoms with Gasteiger partial charge in [0.1, 0.15) is 0 Å². The average Bonchev–Trinajstić information content (AvgIpc) is 2.82. The Hall–Kier alpha value is -0.380. The Kier molecular flexibility index (Phi) is 5.22.